The summed E-state index contributed by atoms with van der Waals surface area (Å²) in [5.74, 6) is 0.295. The molecule has 0 amide bonds. The third kappa shape index (κ3) is 4.40. The van der Waals surface area contributed by atoms with E-state index in [2.05, 4.69) is 23.1 Å². The third-order valence-corrected chi connectivity index (χ3v) is 8.28. The Balaban J connectivity index is 0.00000361. The van der Waals surface area contributed by atoms with Gasteiger partial charge in [0.25, 0.3) is 0 Å². The molecule has 1 N–H and O–H groups in total. The fourth-order valence-electron chi connectivity index (χ4n) is 6.24. The van der Waals surface area contributed by atoms with Gasteiger partial charge in [-0.25, -0.2) is 4.98 Å². The number of aryl methyl sites for hydroxylation is 1. The summed E-state index contributed by atoms with van der Waals surface area (Å²) in [6.07, 6.45) is 0. The Morgan fingerprint density at radius 1 is 0.739 bits per heavy atom. The Morgan fingerprint density at radius 3 is 2.39 bits per heavy atom. The quantitative estimate of drug-likeness (QED) is 0.177. The molecule has 0 saturated carbocycles. The van der Waals surface area contributed by atoms with Gasteiger partial charge in [0, 0.05) is 54.7 Å². The molecule has 3 heterocycles. The first-order chi connectivity index (χ1) is 23.9. The molecule has 0 spiro atoms. The van der Waals surface area contributed by atoms with E-state index < -0.39 is 6.98 Å². The van der Waals surface area contributed by atoms with Crippen molar-refractivity contribution >= 4 is 67.0 Å². The predicted octanol–water partition coefficient (Wildman–Crippen LogP) is 9.42. The number of nitrogens with zero attached hydrogens (tertiary/aromatic N) is 5. The number of fused-ring (bicyclic) bond motifs is 5. The minimum absolute atomic E-state index is 0. The van der Waals surface area contributed by atoms with E-state index in [4.69, 9.17) is 10.5 Å². The second kappa shape index (κ2) is 11.2. The number of para-hydroxylation sites is 6. The van der Waals surface area contributed by atoms with E-state index in [1.807, 2.05) is 131 Å². The number of rotatable bonds is 5. The topological polar surface area (TPSA) is 41.3 Å². The molecule has 1 aliphatic rings. The zero-order valence-corrected chi connectivity index (χ0v) is 26.6. The van der Waals surface area contributed by atoms with Crippen LogP contribution in [0.25, 0.3) is 38.8 Å². The summed E-state index contributed by atoms with van der Waals surface area (Å²) in [5.41, 5.74) is 7.52. The van der Waals surface area contributed by atoms with E-state index in [9.17, 15) is 0 Å². The Labute approximate surface area is 287 Å². The van der Waals surface area contributed by atoms with E-state index in [1.54, 1.807) is 12.7 Å². The van der Waals surface area contributed by atoms with Crippen LogP contribution in [0.3, 0.4) is 0 Å². The predicted molar refractivity (Wildman–Crippen MR) is 184 cm³/mol. The summed E-state index contributed by atoms with van der Waals surface area (Å²) in [5, 5.41) is 3.25. The zero-order valence-electron chi connectivity index (χ0n) is 28.3. The van der Waals surface area contributed by atoms with Crippen molar-refractivity contribution in [1.82, 2.24) is 14.1 Å². The van der Waals surface area contributed by atoms with Crippen LogP contribution in [-0.2, 0) is 28.0 Å². The van der Waals surface area contributed by atoms with Crippen molar-refractivity contribution in [2.24, 2.45) is 6.98 Å². The Morgan fingerprint density at radius 2 is 1.50 bits per heavy atom. The fraction of sp³-hybridized carbons (Fsp3) is 0.0256. The van der Waals surface area contributed by atoms with Gasteiger partial charge in [-0.05, 0) is 47.9 Å². The number of benzene rings is 6. The molecule has 2 aromatic heterocycles. The largest absolute Gasteiger partial charge is 0.514 e. The molecule has 0 fully saturated rings. The van der Waals surface area contributed by atoms with Gasteiger partial charge in [-0.3, -0.25) is 0 Å². The first-order valence-electron chi connectivity index (χ1n) is 16.6. The number of hydrogen-bond donors (Lipinski definition) is 1. The zero-order chi connectivity index (χ0) is 33.3. The van der Waals surface area contributed by atoms with Gasteiger partial charge in [0.15, 0.2) is 0 Å². The SMILES string of the molecule is [2H]N1[CH-]N(c2[c-]c(N(c3[c-]c4c(cc3)c3ccccc3n4-c3nc4ccccc4n3C([2H])([2H])[2H])c3ccccc3)ccc2)c2ccccc21.[Pt]. The van der Waals surface area contributed by atoms with Crippen LogP contribution < -0.4 is 15.1 Å². The molecule has 0 bridgehead atoms. The summed E-state index contributed by atoms with van der Waals surface area (Å²) >= 11 is 0. The molecule has 0 atom stereocenters. The molecule has 0 radical (unpaired) electrons. The Kier molecular flexibility index (Phi) is 5.86. The summed E-state index contributed by atoms with van der Waals surface area (Å²) in [4.78, 5) is 8.93. The van der Waals surface area contributed by atoms with Gasteiger partial charge < -0.3 is 24.2 Å². The van der Waals surface area contributed by atoms with Crippen LogP contribution in [0.15, 0.2) is 133 Å². The maximum absolute atomic E-state index is 8.51. The van der Waals surface area contributed by atoms with Gasteiger partial charge in [-0.1, -0.05) is 77.6 Å². The summed E-state index contributed by atoms with van der Waals surface area (Å²) in [6.45, 7) is -0.743. The normalized spacial score (nSPS) is 14.1. The summed E-state index contributed by atoms with van der Waals surface area (Å²) < 4.78 is 37.2. The number of imidazole rings is 1. The van der Waals surface area contributed by atoms with Crippen molar-refractivity contribution in [1.29, 1.82) is 0 Å². The molecular weight excluding hydrogens is 748 g/mol. The van der Waals surface area contributed by atoms with Crippen molar-refractivity contribution in [2.75, 3.05) is 15.1 Å². The van der Waals surface area contributed by atoms with Gasteiger partial charge in [-0.15, -0.1) is 41.4 Å². The van der Waals surface area contributed by atoms with Crippen LogP contribution in [0.1, 0.15) is 4.11 Å². The number of aromatic nitrogens is 3. The molecule has 1 aliphatic heterocycles. The van der Waals surface area contributed by atoms with E-state index in [0.29, 0.717) is 22.5 Å². The molecule has 46 heavy (non-hydrogen) atoms. The van der Waals surface area contributed by atoms with Crippen LogP contribution in [0.4, 0.5) is 34.1 Å². The van der Waals surface area contributed by atoms with Gasteiger partial charge in [-0.2, -0.15) is 18.8 Å². The average Bonchev–Trinajstić information content (AvgIpc) is 3.78. The molecule has 7 heteroatoms. The van der Waals surface area contributed by atoms with Crippen molar-refractivity contribution in [3.05, 3.63) is 152 Å². The number of hydrogen-bond acceptors (Lipinski definition) is 4. The van der Waals surface area contributed by atoms with E-state index >= 15 is 0 Å². The van der Waals surface area contributed by atoms with Gasteiger partial charge in [0.2, 0.25) is 5.95 Å². The smallest absolute Gasteiger partial charge is 0.213 e. The third-order valence-electron chi connectivity index (χ3n) is 8.28. The van der Waals surface area contributed by atoms with Crippen LogP contribution >= 0.6 is 0 Å². The van der Waals surface area contributed by atoms with E-state index in [0.717, 1.165) is 50.4 Å². The van der Waals surface area contributed by atoms with Crippen LogP contribution in [0.2, 0.25) is 1.41 Å². The standard InChI is InChI=1S/C39H27N6.Pt/c1-42-36-20-9-7-18-34(36)41-39(42)45-35-19-8-5-16-31(35)32-23-22-30(25-38(32)45)44(27-12-3-2-4-13-27)29-15-11-14-28(24-29)43-26-40-33-17-6-10-21-37(33)43;/h2-23,26,40H,1H3;/q-3;/i1D3;/hD. The van der Waals surface area contributed by atoms with E-state index in [-0.39, 0.29) is 21.1 Å². The molecular formula is C39H27N6Pt-3. The Hall–Kier alpha value is -5.32. The molecule has 0 saturated heterocycles. The van der Waals surface area contributed by atoms with Crippen molar-refractivity contribution in [3.63, 3.8) is 0 Å². The molecule has 9 rings (SSSR count). The molecule has 8 aromatic rings. The van der Waals surface area contributed by atoms with Gasteiger partial charge in [0.1, 0.15) is 1.41 Å². The first kappa shape index (κ1) is 24.0. The monoisotopic (exact) mass is 778 g/mol. The summed E-state index contributed by atoms with van der Waals surface area (Å²) in [6, 6.07) is 50.4. The van der Waals surface area contributed by atoms with Gasteiger partial charge in [0.05, 0.1) is 11.0 Å². The first-order valence-corrected chi connectivity index (χ1v) is 14.7. The second-order valence-electron chi connectivity index (χ2n) is 10.9. The van der Waals surface area contributed by atoms with Gasteiger partial charge >= 0.3 is 0 Å². The molecule has 226 valence electrons. The van der Waals surface area contributed by atoms with E-state index in [1.165, 1.54) is 9.88 Å². The maximum Gasteiger partial charge on any atom is 0.213 e. The van der Waals surface area contributed by atoms with Crippen molar-refractivity contribution in [2.45, 2.75) is 0 Å². The average molecular weight is 779 g/mol. The molecule has 0 unspecified atom stereocenters. The number of anilines is 6. The maximum atomic E-state index is 8.51. The van der Waals surface area contributed by atoms with Crippen molar-refractivity contribution in [3.8, 4) is 5.95 Å². The van der Waals surface area contributed by atoms with Crippen LogP contribution in [0.5, 0.6) is 0 Å². The minimum atomic E-state index is -2.48. The van der Waals surface area contributed by atoms with Crippen LogP contribution in [0, 0.1) is 18.8 Å². The minimum Gasteiger partial charge on any atom is -0.514 e. The molecule has 0 aliphatic carbocycles. The Bertz CT molecular complexity index is 2530. The second-order valence-corrected chi connectivity index (χ2v) is 10.9. The van der Waals surface area contributed by atoms with Crippen molar-refractivity contribution < 1.29 is 26.6 Å². The number of nitrogens with one attached hydrogen (secondary N) is 1. The molecule has 6 aromatic carbocycles. The fourth-order valence-corrected chi connectivity index (χ4v) is 6.24. The molecule has 6 nitrogen and oxygen atoms in total. The van der Waals surface area contributed by atoms with Crippen LogP contribution in [-0.4, -0.2) is 14.1 Å². The summed E-state index contributed by atoms with van der Waals surface area (Å²) in [7, 11) is 0.